The van der Waals surface area contributed by atoms with E-state index in [4.69, 9.17) is 4.74 Å². The van der Waals surface area contributed by atoms with E-state index >= 15 is 0 Å². The molecule has 25 heavy (non-hydrogen) atoms. The van der Waals surface area contributed by atoms with Crippen molar-refractivity contribution < 1.29 is 14.6 Å². The first kappa shape index (κ1) is 16.8. The summed E-state index contributed by atoms with van der Waals surface area (Å²) in [6.07, 6.45) is 9.86. The Morgan fingerprint density at radius 3 is 2.92 bits per heavy atom. The minimum atomic E-state index is -0.930. The first-order valence-electron chi connectivity index (χ1n) is 8.10. The first-order chi connectivity index (χ1) is 12.1. The van der Waals surface area contributed by atoms with Crippen LogP contribution in [0.3, 0.4) is 0 Å². The summed E-state index contributed by atoms with van der Waals surface area (Å²) in [5.74, 6) is -0.205. The van der Waals surface area contributed by atoms with Crippen molar-refractivity contribution in [1.82, 2.24) is 9.55 Å². The lowest BCUT2D eigenvalue weighted by Gasteiger charge is -2.19. The SMILES string of the molecule is C/C=C/Cn1cc(C2=C(OC)CCC(C(=O)O)=C2)c2cc[nH]c2c1=O. The molecule has 0 aliphatic heterocycles. The van der Waals surface area contributed by atoms with Gasteiger partial charge in [0, 0.05) is 47.5 Å². The van der Waals surface area contributed by atoms with E-state index in [0.29, 0.717) is 36.0 Å². The van der Waals surface area contributed by atoms with E-state index in [1.807, 2.05) is 25.1 Å². The molecule has 6 nitrogen and oxygen atoms in total. The number of nitrogens with one attached hydrogen (secondary N) is 1. The van der Waals surface area contributed by atoms with Gasteiger partial charge in [0.25, 0.3) is 5.56 Å². The van der Waals surface area contributed by atoms with Crippen molar-refractivity contribution >= 4 is 22.4 Å². The van der Waals surface area contributed by atoms with Crippen molar-refractivity contribution in [3.8, 4) is 0 Å². The molecule has 1 aliphatic carbocycles. The van der Waals surface area contributed by atoms with Crippen LogP contribution in [0.25, 0.3) is 16.5 Å². The lowest BCUT2D eigenvalue weighted by molar-refractivity contribution is -0.132. The van der Waals surface area contributed by atoms with Gasteiger partial charge in [0.1, 0.15) is 11.3 Å². The molecule has 0 fully saturated rings. The Bertz CT molecular complexity index is 973. The fourth-order valence-corrected chi connectivity index (χ4v) is 3.09. The minimum Gasteiger partial charge on any atom is -0.500 e. The molecule has 1 aliphatic rings. The summed E-state index contributed by atoms with van der Waals surface area (Å²) in [4.78, 5) is 27.0. The van der Waals surface area contributed by atoms with Gasteiger partial charge in [-0.1, -0.05) is 12.2 Å². The van der Waals surface area contributed by atoms with Gasteiger partial charge in [0.15, 0.2) is 0 Å². The minimum absolute atomic E-state index is 0.111. The predicted molar refractivity (Wildman–Crippen MR) is 96.3 cm³/mol. The van der Waals surface area contributed by atoms with Crippen LogP contribution in [-0.2, 0) is 16.1 Å². The van der Waals surface area contributed by atoms with Crippen LogP contribution in [0.15, 0.2) is 52.8 Å². The second-order valence-electron chi connectivity index (χ2n) is 5.85. The van der Waals surface area contributed by atoms with Gasteiger partial charge in [0.05, 0.1) is 7.11 Å². The molecular formula is C19H20N2O4. The molecule has 0 spiro atoms. The maximum absolute atomic E-state index is 12.6. The van der Waals surface area contributed by atoms with Crippen LogP contribution in [0, 0.1) is 0 Å². The average molecular weight is 340 g/mol. The summed E-state index contributed by atoms with van der Waals surface area (Å²) in [6, 6.07) is 1.83. The zero-order valence-corrected chi connectivity index (χ0v) is 14.2. The van der Waals surface area contributed by atoms with Crippen molar-refractivity contribution in [3.63, 3.8) is 0 Å². The van der Waals surface area contributed by atoms with Gasteiger partial charge in [-0.2, -0.15) is 0 Å². The lowest BCUT2D eigenvalue weighted by Crippen LogP contribution is -2.20. The quantitative estimate of drug-likeness (QED) is 0.819. The van der Waals surface area contributed by atoms with E-state index in [1.54, 1.807) is 30.1 Å². The molecule has 0 saturated carbocycles. The Balaban J connectivity index is 2.28. The Kier molecular flexibility index (Phi) is 4.61. The number of fused-ring (bicyclic) bond motifs is 1. The van der Waals surface area contributed by atoms with Crippen LogP contribution in [0.5, 0.6) is 0 Å². The summed E-state index contributed by atoms with van der Waals surface area (Å²) in [7, 11) is 1.58. The largest absolute Gasteiger partial charge is 0.500 e. The molecule has 130 valence electrons. The van der Waals surface area contributed by atoms with Gasteiger partial charge in [-0.15, -0.1) is 0 Å². The van der Waals surface area contributed by atoms with Gasteiger partial charge in [-0.05, 0) is 25.5 Å². The van der Waals surface area contributed by atoms with E-state index in [-0.39, 0.29) is 5.56 Å². The molecule has 2 heterocycles. The van der Waals surface area contributed by atoms with Crippen LogP contribution >= 0.6 is 0 Å². The van der Waals surface area contributed by atoms with Crippen LogP contribution in [0.4, 0.5) is 0 Å². The molecule has 0 atom stereocenters. The van der Waals surface area contributed by atoms with Crippen LogP contribution in [0.1, 0.15) is 25.3 Å². The maximum atomic E-state index is 12.6. The molecule has 0 unspecified atom stereocenters. The van der Waals surface area contributed by atoms with Crippen molar-refractivity contribution in [1.29, 1.82) is 0 Å². The number of aromatic amines is 1. The second-order valence-corrected chi connectivity index (χ2v) is 5.85. The van der Waals surface area contributed by atoms with E-state index in [1.165, 1.54) is 0 Å². The summed E-state index contributed by atoms with van der Waals surface area (Å²) in [5, 5.41) is 10.1. The third-order valence-corrected chi connectivity index (χ3v) is 4.39. The summed E-state index contributed by atoms with van der Waals surface area (Å²) in [5.41, 5.74) is 2.23. The molecule has 0 amide bonds. The monoisotopic (exact) mass is 340 g/mol. The normalized spacial score (nSPS) is 15.0. The Labute approximate surface area is 144 Å². The van der Waals surface area contributed by atoms with Crippen molar-refractivity contribution in [2.24, 2.45) is 0 Å². The first-order valence-corrected chi connectivity index (χ1v) is 8.10. The van der Waals surface area contributed by atoms with E-state index < -0.39 is 5.97 Å². The molecule has 0 saturated heterocycles. The number of aliphatic carboxylic acids is 1. The number of aromatic nitrogens is 2. The topological polar surface area (TPSA) is 84.3 Å². The van der Waals surface area contributed by atoms with E-state index in [2.05, 4.69) is 4.98 Å². The zero-order valence-electron chi connectivity index (χ0n) is 14.2. The van der Waals surface area contributed by atoms with Crippen molar-refractivity contribution in [2.75, 3.05) is 7.11 Å². The van der Waals surface area contributed by atoms with Gasteiger partial charge in [-0.3, -0.25) is 4.79 Å². The highest BCUT2D eigenvalue weighted by Crippen LogP contribution is 2.34. The number of hydrogen-bond donors (Lipinski definition) is 2. The highest BCUT2D eigenvalue weighted by atomic mass is 16.5. The standard InChI is InChI=1S/C19H20N2O4/c1-3-4-9-21-11-15(13-7-8-20-17(13)18(21)22)14-10-12(19(23)24)5-6-16(14)25-2/h3-4,7-8,10-11,20H,5-6,9H2,1-2H3,(H,23,24)/b4-3+. The summed E-state index contributed by atoms with van der Waals surface area (Å²) in [6.45, 7) is 2.34. The molecule has 0 aromatic carbocycles. The Hall–Kier alpha value is -3.02. The highest BCUT2D eigenvalue weighted by Gasteiger charge is 2.22. The number of carboxylic acids is 1. The third-order valence-electron chi connectivity index (χ3n) is 4.39. The van der Waals surface area contributed by atoms with Crippen LogP contribution in [0.2, 0.25) is 0 Å². The van der Waals surface area contributed by atoms with Gasteiger partial charge >= 0.3 is 5.97 Å². The van der Waals surface area contributed by atoms with E-state index in [0.717, 1.165) is 16.7 Å². The zero-order chi connectivity index (χ0) is 18.0. The van der Waals surface area contributed by atoms with Gasteiger partial charge in [-0.25, -0.2) is 4.79 Å². The summed E-state index contributed by atoms with van der Waals surface area (Å²) < 4.78 is 7.10. The maximum Gasteiger partial charge on any atom is 0.331 e. The number of pyridine rings is 1. The molecule has 0 radical (unpaired) electrons. The predicted octanol–water partition coefficient (Wildman–Crippen LogP) is 3.07. The molecule has 2 aromatic rings. The number of rotatable bonds is 5. The average Bonchev–Trinajstić information content (AvgIpc) is 3.11. The number of allylic oxidation sites excluding steroid dienone is 5. The number of carbonyl (C=O) groups is 1. The second kappa shape index (κ2) is 6.84. The lowest BCUT2D eigenvalue weighted by atomic mass is 9.92. The Morgan fingerprint density at radius 2 is 2.24 bits per heavy atom. The number of ether oxygens (including phenoxy) is 1. The molecule has 2 aromatic heterocycles. The smallest absolute Gasteiger partial charge is 0.331 e. The number of methoxy groups -OCH3 is 1. The number of H-pyrrole nitrogens is 1. The van der Waals surface area contributed by atoms with Crippen molar-refractivity contribution in [3.05, 3.63) is 63.9 Å². The summed E-state index contributed by atoms with van der Waals surface area (Å²) >= 11 is 0. The molecule has 0 bridgehead atoms. The third kappa shape index (κ3) is 3.03. The van der Waals surface area contributed by atoms with Gasteiger partial charge in [0.2, 0.25) is 0 Å². The van der Waals surface area contributed by atoms with Crippen molar-refractivity contribution in [2.45, 2.75) is 26.3 Å². The molecule has 2 N–H and O–H groups in total. The fourth-order valence-electron chi connectivity index (χ4n) is 3.09. The number of hydrogen-bond acceptors (Lipinski definition) is 3. The molecule has 3 rings (SSSR count). The highest BCUT2D eigenvalue weighted by molar-refractivity contribution is 5.98. The van der Waals surface area contributed by atoms with Gasteiger partial charge < -0.3 is 19.4 Å². The fraction of sp³-hybridized carbons (Fsp3) is 0.263. The van der Waals surface area contributed by atoms with Crippen LogP contribution in [-0.4, -0.2) is 27.7 Å². The molecular weight excluding hydrogens is 320 g/mol. The number of nitrogens with zero attached hydrogens (tertiary/aromatic N) is 1. The number of carboxylic acid groups (broad SMARTS) is 1. The van der Waals surface area contributed by atoms with E-state index in [9.17, 15) is 14.7 Å². The molecule has 6 heteroatoms. The van der Waals surface area contributed by atoms with Crippen LogP contribution < -0.4 is 5.56 Å². The Morgan fingerprint density at radius 1 is 1.44 bits per heavy atom.